The summed E-state index contributed by atoms with van der Waals surface area (Å²) in [5.41, 5.74) is 1.40. The molecule has 0 spiro atoms. The number of carbonyl (C=O) groups is 2. The van der Waals surface area contributed by atoms with Crippen LogP contribution in [0.4, 0.5) is 11.4 Å². The van der Waals surface area contributed by atoms with E-state index in [9.17, 15) is 9.59 Å². The fourth-order valence-corrected chi connectivity index (χ4v) is 4.21. The van der Waals surface area contributed by atoms with Crippen LogP contribution in [0.15, 0.2) is 34.9 Å². The third-order valence-electron chi connectivity index (χ3n) is 4.54. The fourth-order valence-electron chi connectivity index (χ4n) is 3.13. The van der Waals surface area contributed by atoms with E-state index >= 15 is 0 Å². The molecule has 144 valence electrons. The summed E-state index contributed by atoms with van der Waals surface area (Å²) >= 11 is 7.49. The number of anilines is 2. The number of halogens is 1. The smallest absolute Gasteiger partial charge is 0.229 e. The van der Waals surface area contributed by atoms with Crippen molar-refractivity contribution >= 4 is 46.1 Å². The summed E-state index contributed by atoms with van der Waals surface area (Å²) in [4.78, 5) is 32.7. The molecule has 3 aromatic rings. The first kappa shape index (κ1) is 18.6. The monoisotopic (exact) mass is 416 g/mol. The van der Waals surface area contributed by atoms with Gasteiger partial charge in [0, 0.05) is 35.5 Å². The molecule has 1 atom stereocenters. The number of carbonyl (C=O) groups excluding carboxylic acids is 2. The van der Waals surface area contributed by atoms with Gasteiger partial charge in [0.25, 0.3) is 0 Å². The highest BCUT2D eigenvalue weighted by Crippen LogP contribution is 2.34. The van der Waals surface area contributed by atoms with Crippen molar-refractivity contribution in [3.63, 3.8) is 0 Å². The van der Waals surface area contributed by atoms with E-state index in [2.05, 4.69) is 15.5 Å². The number of hydrogen-bond acceptors (Lipinski definition) is 6. The first-order chi connectivity index (χ1) is 13.4. The van der Waals surface area contributed by atoms with Gasteiger partial charge in [0.2, 0.25) is 23.5 Å². The maximum absolute atomic E-state index is 12.7. The lowest BCUT2D eigenvalue weighted by molar-refractivity contribution is -0.122. The van der Waals surface area contributed by atoms with Gasteiger partial charge in [-0.25, -0.2) is 0 Å². The van der Waals surface area contributed by atoms with Gasteiger partial charge in [-0.15, -0.1) is 11.3 Å². The van der Waals surface area contributed by atoms with Gasteiger partial charge in [-0.3, -0.25) is 9.59 Å². The molecule has 3 heterocycles. The number of rotatable bonds is 4. The van der Waals surface area contributed by atoms with Crippen LogP contribution in [0.5, 0.6) is 0 Å². The molecule has 0 saturated carbocycles. The van der Waals surface area contributed by atoms with Crippen molar-refractivity contribution in [2.75, 3.05) is 16.8 Å². The molecule has 1 fully saturated rings. The molecular weight excluding hydrogens is 400 g/mol. The van der Waals surface area contributed by atoms with E-state index in [1.807, 2.05) is 19.1 Å². The molecule has 7 nitrogen and oxygen atoms in total. The zero-order chi connectivity index (χ0) is 19.8. The normalized spacial score (nSPS) is 16.6. The molecule has 1 aliphatic heterocycles. The van der Waals surface area contributed by atoms with Gasteiger partial charge in [0.15, 0.2) is 0 Å². The van der Waals surface area contributed by atoms with Crippen molar-refractivity contribution in [3.05, 3.63) is 46.1 Å². The number of aromatic nitrogens is 2. The molecule has 28 heavy (non-hydrogen) atoms. The highest BCUT2D eigenvalue weighted by molar-refractivity contribution is 7.16. The van der Waals surface area contributed by atoms with E-state index in [4.69, 9.17) is 16.1 Å². The number of aryl methyl sites for hydroxylation is 2. The second kappa shape index (κ2) is 7.37. The molecule has 2 amide bonds. The maximum Gasteiger partial charge on any atom is 0.229 e. The number of nitrogens with zero attached hydrogens (tertiary/aromatic N) is 3. The first-order valence-electron chi connectivity index (χ1n) is 8.68. The average Bonchev–Trinajstić information content (AvgIpc) is 3.34. The second-order valence-electron chi connectivity index (χ2n) is 6.59. The van der Waals surface area contributed by atoms with Crippen LogP contribution in [-0.2, 0) is 9.59 Å². The number of hydrogen-bond donors (Lipinski definition) is 1. The molecule has 0 radical (unpaired) electrons. The van der Waals surface area contributed by atoms with Gasteiger partial charge in [0.1, 0.15) is 0 Å². The third-order valence-corrected chi connectivity index (χ3v) is 5.82. The molecule has 0 unspecified atom stereocenters. The van der Waals surface area contributed by atoms with Crippen LogP contribution in [-0.4, -0.2) is 28.5 Å². The van der Waals surface area contributed by atoms with E-state index in [1.54, 1.807) is 30.0 Å². The third kappa shape index (κ3) is 3.65. The van der Waals surface area contributed by atoms with Gasteiger partial charge in [-0.2, -0.15) is 4.98 Å². The lowest BCUT2D eigenvalue weighted by Crippen LogP contribution is -2.28. The summed E-state index contributed by atoms with van der Waals surface area (Å²) in [5.74, 6) is 0.273. The topological polar surface area (TPSA) is 88.3 Å². The minimum Gasteiger partial charge on any atom is -0.339 e. The first-order valence-corrected chi connectivity index (χ1v) is 9.88. The van der Waals surface area contributed by atoms with E-state index < -0.39 is 5.92 Å². The van der Waals surface area contributed by atoms with Crippen LogP contribution < -0.4 is 10.2 Å². The van der Waals surface area contributed by atoms with E-state index in [-0.39, 0.29) is 18.2 Å². The fraction of sp³-hybridized carbons (Fsp3) is 0.263. The summed E-state index contributed by atoms with van der Waals surface area (Å²) in [5, 5.41) is 7.39. The molecule has 9 heteroatoms. The SMILES string of the molecule is Cc1nc(-c2cc(NC(=O)[C@H]3CC(=O)N(c4cccc(Cl)c4)C3)c(C)s2)no1. The number of nitrogens with one attached hydrogen (secondary N) is 1. The van der Waals surface area contributed by atoms with Crippen LogP contribution >= 0.6 is 22.9 Å². The highest BCUT2D eigenvalue weighted by atomic mass is 35.5. The van der Waals surface area contributed by atoms with E-state index in [0.29, 0.717) is 34.7 Å². The largest absolute Gasteiger partial charge is 0.339 e. The molecule has 1 aromatic carbocycles. The Bertz CT molecular complexity index is 1060. The van der Waals surface area contributed by atoms with Crippen molar-refractivity contribution < 1.29 is 14.1 Å². The van der Waals surface area contributed by atoms with Gasteiger partial charge >= 0.3 is 0 Å². The Labute approximate surface area is 170 Å². The molecule has 4 rings (SSSR count). The molecule has 1 saturated heterocycles. The Hall–Kier alpha value is -2.71. The highest BCUT2D eigenvalue weighted by Gasteiger charge is 2.35. The van der Waals surface area contributed by atoms with Crippen LogP contribution in [0.2, 0.25) is 5.02 Å². The van der Waals surface area contributed by atoms with Crippen LogP contribution in [0.25, 0.3) is 10.7 Å². The molecule has 1 aliphatic rings. The Kier molecular flexibility index (Phi) is 4.91. The van der Waals surface area contributed by atoms with Crippen molar-refractivity contribution in [2.45, 2.75) is 20.3 Å². The Morgan fingerprint density at radius 3 is 2.89 bits per heavy atom. The minimum absolute atomic E-state index is 0.0904. The van der Waals surface area contributed by atoms with Crippen LogP contribution in [0.3, 0.4) is 0 Å². The number of thiophene rings is 1. The van der Waals surface area contributed by atoms with Crippen molar-refractivity contribution in [1.82, 2.24) is 10.1 Å². The van der Waals surface area contributed by atoms with Gasteiger partial charge in [-0.1, -0.05) is 22.8 Å². The van der Waals surface area contributed by atoms with Crippen molar-refractivity contribution in [2.24, 2.45) is 5.92 Å². The summed E-state index contributed by atoms with van der Waals surface area (Å²) in [7, 11) is 0. The van der Waals surface area contributed by atoms with Gasteiger partial charge in [0.05, 0.1) is 16.5 Å². The second-order valence-corrected chi connectivity index (χ2v) is 8.28. The van der Waals surface area contributed by atoms with Crippen LogP contribution in [0.1, 0.15) is 17.2 Å². The Balaban J connectivity index is 1.47. The predicted octanol–water partition coefficient (Wildman–Crippen LogP) is 4.06. The average molecular weight is 417 g/mol. The van der Waals surface area contributed by atoms with E-state index in [0.717, 1.165) is 9.75 Å². The summed E-state index contributed by atoms with van der Waals surface area (Å²) < 4.78 is 5.01. The zero-order valence-corrected chi connectivity index (χ0v) is 16.8. The van der Waals surface area contributed by atoms with Crippen molar-refractivity contribution in [3.8, 4) is 10.7 Å². The van der Waals surface area contributed by atoms with Gasteiger partial charge < -0.3 is 14.7 Å². The minimum atomic E-state index is -0.429. The lowest BCUT2D eigenvalue weighted by atomic mass is 10.1. The Morgan fingerprint density at radius 1 is 1.36 bits per heavy atom. The Morgan fingerprint density at radius 2 is 2.18 bits per heavy atom. The summed E-state index contributed by atoms with van der Waals surface area (Å²) in [6.07, 6.45) is 0.165. The molecule has 1 N–H and O–H groups in total. The number of benzene rings is 1. The zero-order valence-electron chi connectivity index (χ0n) is 15.2. The summed E-state index contributed by atoms with van der Waals surface area (Å²) in [6, 6.07) is 8.90. The molecule has 0 bridgehead atoms. The molecule has 2 aromatic heterocycles. The van der Waals surface area contributed by atoms with Crippen LogP contribution in [0, 0.1) is 19.8 Å². The van der Waals surface area contributed by atoms with E-state index in [1.165, 1.54) is 11.3 Å². The lowest BCUT2D eigenvalue weighted by Gasteiger charge is -2.17. The number of amides is 2. The summed E-state index contributed by atoms with van der Waals surface area (Å²) in [6.45, 7) is 3.96. The molecular formula is C19H17ClN4O3S. The maximum atomic E-state index is 12.7. The van der Waals surface area contributed by atoms with Crippen molar-refractivity contribution in [1.29, 1.82) is 0 Å². The predicted molar refractivity (Wildman–Crippen MR) is 108 cm³/mol. The quantitative estimate of drug-likeness (QED) is 0.692. The molecule has 0 aliphatic carbocycles. The van der Waals surface area contributed by atoms with Gasteiger partial charge in [-0.05, 0) is 31.2 Å². The standard InChI is InChI=1S/C19H17ClN4O3S/c1-10-15(8-16(28-10)18-21-11(2)27-23-18)22-19(26)12-6-17(25)24(9-12)14-5-3-4-13(20)7-14/h3-5,7-8,12H,6,9H2,1-2H3,(H,22,26)/t12-/m0/s1.